The zero-order chi connectivity index (χ0) is 23.7. The van der Waals surface area contributed by atoms with Crippen LogP contribution in [0.3, 0.4) is 0 Å². The maximum Gasteiger partial charge on any atom is 0.273 e. The summed E-state index contributed by atoms with van der Waals surface area (Å²) in [5.74, 6) is 0.679. The summed E-state index contributed by atoms with van der Waals surface area (Å²) in [6, 6.07) is 6.31. The van der Waals surface area contributed by atoms with E-state index in [9.17, 15) is 14.0 Å². The Morgan fingerprint density at radius 3 is 2.42 bits per heavy atom. The monoisotopic (exact) mass is 452 g/mol. The quantitative estimate of drug-likeness (QED) is 0.726. The molecule has 0 radical (unpaired) electrons. The molecule has 2 amide bonds. The van der Waals surface area contributed by atoms with Gasteiger partial charge in [-0.3, -0.25) is 9.59 Å². The Balaban J connectivity index is 1.60. The van der Waals surface area contributed by atoms with Crippen molar-refractivity contribution < 1.29 is 14.0 Å². The zero-order valence-electron chi connectivity index (χ0n) is 19.3. The Bertz CT molecular complexity index is 1080. The summed E-state index contributed by atoms with van der Waals surface area (Å²) in [6.45, 7) is 12.4. The van der Waals surface area contributed by atoms with Crippen molar-refractivity contribution in [3.8, 4) is 0 Å². The number of benzene rings is 1. The van der Waals surface area contributed by atoms with E-state index in [0.29, 0.717) is 62.3 Å². The van der Waals surface area contributed by atoms with Crippen molar-refractivity contribution in [2.75, 3.05) is 36.4 Å². The van der Waals surface area contributed by atoms with Gasteiger partial charge in [0.05, 0.1) is 6.54 Å². The molecule has 1 fully saturated rings. The second-order valence-corrected chi connectivity index (χ2v) is 8.75. The van der Waals surface area contributed by atoms with Crippen molar-refractivity contribution in [1.29, 1.82) is 0 Å². The Morgan fingerprint density at radius 2 is 1.82 bits per heavy atom. The number of carbonyl (C=O) groups is 2. The Labute approximate surface area is 193 Å². The highest BCUT2D eigenvalue weighted by Crippen LogP contribution is 2.31. The van der Waals surface area contributed by atoms with Gasteiger partial charge in [0.25, 0.3) is 5.91 Å². The average Bonchev–Trinajstić information content (AvgIpc) is 3.12. The predicted octanol–water partition coefficient (Wildman–Crippen LogP) is 2.82. The molecule has 2 aliphatic heterocycles. The number of aromatic nitrogens is 2. The molecule has 2 aliphatic rings. The van der Waals surface area contributed by atoms with Gasteiger partial charge in [0.2, 0.25) is 11.9 Å². The number of rotatable bonds is 6. The van der Waals surface area contributed by atoms with Gasteiger partial charge in [-0.15, -0.1) is 0 Å². The van der Waals surface area contributed by atoms with Crippen LogP contribution in [0.1, 0.15) is 42.4 Å². The van der Waals surface area contributed by atoms with Crippen LogP contribution in [-0.2, 0) is 17.8 Å². The number of anilines is 2. The number of piperazine rings is 1. The molecule has 8 nitrogen and oxygen atoms in total. The van der Waals surface area contributed by atoms with Crippen LogP contribution in [0.5, 0.6) is 0 Å². The lowest BCUT2D eigenvalue weighted by Gasteiger charge is -2.34. The van der Waals surface area contributed by atoms with Crippen molar-refractivity contribution >= 4 is 23.6 Å². The molecule has 0 bridgehead atoms. The molecule has 33 heavy (non-hydrogen) atoms. The van der Waals surface area contributed by atoms with E-state index in [4.69, 9.17) is 4.98 Å². The topological polar surface area (TPSA) is 81.7 Å². The van der Waals surface area contributed by atoms with Gasteiger partial charge in [-0.1, -0.05) is 18.7 Å². The third-order valence-corrected chi connectivity index (χ3v) is 6.04. The lowest BCUT2D eigenvalue weighted by molar-refractivity contribution is -0.129. The summed E-state index contributed by atoms with van der Waals surface area (Å²) in [6.07, 6.45) is 0.494. The number of halogens is 1. The van der Waals surface area contributed by atoms with Crippen LogP contribution in [0.4, 0.5) is 16.2 Å². The molecule has 0 unspecified atom stereocenters. The molecule has 3 heterocycles. The van der Waals surface area contributed by atoms with Crippen molar-refractivity contribution in [3.05, 3.63) is 59.2 Å². The summed E-state index contributed by atoms with van der Waals surface area (Å²) in [4.78, 5) is 39.7. The molecule has 1 N–H and O–H groups in total. The standard InChI is InChI=1S/C24H29FN6O2/c1-15(2)31-14-20-21(23(31)33)27-24(30-11-9-29(10-12-30)17(4)32)28-22(20)26-16(3)13-18-5-7-19(25)8-6-18/h5-8,15H,3,9-14H2,1-2,4H3,(H,26,27,28). The maximum absolute atomic E-state index is 13.2. The van der Waals surface area contributed by atoms with Gasteiger partial charge >= 0.3 is 0 Å². The molecule has 9 heteroatoms. The number of amides is 2. The summed E-state index contributed by atoms with van der Waals surface area (Å²) in [5.41, 5.74) is 2.75. The maximum atomic E-state index is 13.2. The van der Waals surface area contributed by atoms with Crippen molar-refractivity contribution in [3.63, 3.8) is 0 Å². The van der Waals surface area contributed by atoms with E-state index in [-0.39, 0.29) is 23.7 Å². The van der Waals surface area contributed by atoms with Crippen LogP contribution in [0.25, 0.3) is 0 Å². The predicted molar refractivity (Wildman–Crippen MR) is 124 cm³/mol. The first-order valence-corrected chi connectivity index (χ1v) is 11.1. The Hall–Kier alpha value is -3.49. The van der Waals surface area contributed by atoms with Crippen molar-refractivity contribution in [2.45, 2.75) is 39.8 Å². The molecular weight excluding hydrogens is 423 g/mol. The van der Waals surface area contributed by atoms with E-state index >= 15 is 0 Å². The normalized spacial score (nSPS) is 15.8. The summed E-state index contributed by atoms with van der Waals surface area (Å²) < 4.78 is 13.2. The fourth-order valence-electron chi connectivity index (χ4n) is 4.12. The van der Waals surface area contributed by atoms with E-state index in [1.54, 1.807) is 28.9 Å². The highest BCUT2D eigenvalue weighted by molar-refractivity contribution is 5.98. The third kappa shape index (κ3) is 4.81. The van der Waals surface area contributed by atoms with E-state index < -0.39 is 0 Å². The molecule has 1 aromatic carbocycles. The molecule has 174 valence electrons. The van der Waals surface area contributed by atoms with Crippen LogP contribution in [0.15, 0.2) is 36.5 Å². The molecule has 1 aromatic heterocycles. The van der Waals surface area contributed by atoms with Crippen LogP contribution in [-0.4, -0.2) is 63.8 Å². The third-order valence-electron chi connectivity index (χ3n) is 6.04. The molecule has 0 spiro atoms. The minimum absolute atomic E-state index is 0.0320. The minimum Gasteiger partial charge on any atom is -0.344 e. The largest absolute Gasteiger partial charge is 0.344 e. The van der Waals surface area contributed by atoms with Crippen molar-refractivity contribution in [2.24, 2.45) is 0 Å². The van der Waals surface area contributed by atoms with E-state index in [1.807, 2.05) is 18.7 Å². The van der Waals surface area contributed by atoms with Crippen LogP contribution in [0, 0.1) is 5.82 Å². The summed E-state index contributed by atoms with van der Waals surface area (Å²) >= 11 is 0. The number of hydrogen-bond donors (Lipinski definition) is 1. The lowest BCUT2D eigenvalue weighted by Crippen LogP contribution is -2.48. The fourth-order valence-corrected chi connectivity index (χ4v) is 4.12. The molecule has 0 atom stereocenters. The van der Waals surface area contributed by atoms with Crippen molar-refractivity contribution in [1.82, 2.24) is 19.8 Å². The first-order chi connectivity index (χ1) is 15.7. The van der Waals surface area contributed by atoms with Gasteiger partial charge in [0.1, 0.15) is 17.3 Å². The van der Waals surface area contributed by atoms with Crippen LogP contribution < -0.4 is 10.2 Å². The number of allylic oxidation sites excluding steroid dienone is 1. The first-order valence-electron chi connectivity index (χ1n) is 11.1. The lowest BCUT2D eigenvalue weighted by atomic mass is 10.1. The minimum atomic E-state index is -0.284. The zero-order valence-corrected chi connectivity index (χ0v) is 19.3. The van der Waals surface area contributed by atoms with E-state index in [2.05, 4.69) is 16.9 Å². The number of nitrogens with zero attached hydrogens (tertiary/aromatic N) is 5. The molecule has 0 saturated carbocycles. The van der Waals surface area contributed by atoms with Gasteiger partial charge in [0.15, 0.2) is 0 Å². The number of hydrogen-bond acceptors (Lipinski definition) is 6. The van der Waals surface area contributed by atoms with Gasteiger partial charge in [0, 0.05) is 56.8 Å². The highest BCUT2D eigenvalue weighted by atomic mass is 19.1. The van der Waals surface area contributed by atoms with Gasteiger partial charge in [-0.05, 0) is 31.5 Å². The van der Waals surface area contributed by atoms with E-state index in [1.165, 1.54) is 12.1 Å². The molecule has 1 saturated heterocycles. The average molecular weight is 453 g/mol. The second-order valence-electron chi connectivity index (χ2n) is 8.75. The summed E-state index contributed by atoms with van der Waals surface area (Å²) in [7, 11) is 0. The van der Waals surface area contributed by atoms with Gasteiger partial charge in [-0.2, -0.15) is 4.98 Å². The number of carbonyl (C=O) groups excluding carboxylic acids is 2. The van der Waals surface area contributed by atoms with E-state index in [0.717, 1.165) is 11.1 Å². The fraction of sp³-hybridized carbons (Fsp3) is 0.417. The first kappa shape index (κ1) is 22.7. The van der Waals surface area contributed by atoms with Crippen LogP contribution >= 0.6 is 0 Å². The second kappa shape index (κ2) is 9.17. The smallest absolute Gasteiger partial charge is 0.273 e. The Morgan fingerprint density at radius 1 is 1.15 bits per heavy atom. The van der Waals surface area contributed by atoms with Crippen LogP contribution in [0.2, 0.25) is 0 Å². The number of nitrogens with one attached hydrogen (secondary N) is 1. The summed E-state index contributed by atoms with van der Waals surface area (Å²) in [5, 5.41) is 3.28. The molecule has 2 aromatic rings. The van der Waals surface area contributed by atoms with Gasteiger partial charge in [-0.25, -0.2) is 9.37 Å². The number of fused-ring (bicyclic) bond motifs is 1. The van der Waals surface area contributed by atoms with Gasteiger partial charge < -0.3 is 20.0 Å². The molecule has 0 aliphatic carbocycles. The molecular formula is C24H29FN6O2. The highest BCUT2D eigenvalue weighted by Gasteiger charge is 2.35. The SMILES string of the molecule is C=C(Cc1ccc(F)cc1)Nc1nc(N2CCN(C(C)=O)CC2)nc2c1CN(C(C)C)C2=O. The molecule has 4 rings (SSSR count). The Kier molecular flexibility index (Phi) is 6.31.